The van der Waals surface area contributed by atoms with Gasteiger partial charge in [-0.25, -0.2) is 4.79 Å². The summed E-state index contributed by atoms with van der Waals surface area (Å²) in [5.74, 6) is -0.637. The van der Waals surface area contributed by atoms with Gasteiger partial charge in [-0.15, -0.1) is 0 Å². The molecule has 0 saturated carbocycles. The van der Waals surface area contributed by atoms with Crippen LogP contribution in [0.3, 0.4) is 0 Å². The highest BCUT2D eigenvalue weighted by Crippen LogP contribution is 2.22. The van der Waals surface area contributed by atoms with E-state index >= 15 is 0 Å². The Hall–Kier alpha value is -1.71. The summed E-state index contributed by atoms with van der Waals surface area (Å²) >= 11 is 11.9. The highest BCUT2D eigenvalue weighted by Gasteiger charge is 2.21. The van der Waals surface area contributed by atoms with Gasteiger partial charge in [-0.05, 0) is 29.8 Å². The van der Waals surface area contributed by atoms with Crippen molar-refractivity contribution >= 4 is 29.2 Å². The summed E-state index contributed by atoms with van der Waals surface area (Å²) in [6, 6.07) is 13.7. The van der Waals surface area contributed by atoms with Gasteiger partial charge in [0.15, 0.2) is 6.10 Å². The Morgan fingerprint density at radius 3 is 2.55 bits per heavy atom. The van der Waals surface area contributed by atoms with E-state index in [0.29, 0.717) is 15.8 Å². The molecule has 0 amide bonds. The van der Waals surface area contributed by atoms with Gasteiger partial charge in [0.25, 0.3) is 0 Å². The summed E-state index contributed by atoms with van der Waals surface area (Å²) in [5.41, 5.74) is 0.726. The molecule has 2 aromatic carbocycles. The molecule has 0 aliphatic heterocycles. The fourth-order valence-corrected chi connectivity index (χ4v) is 2.14. The molecule has 104 valence electrons. The number of rotatable bonds is 5. The first-order valence-corrected chi connectivity index (χ1v) is 6.70. The molecular weight excluding hydrogens is 299 g/mol. The van der Waals surface area contributed by atoms with Gasteiger partial charge in [0.2, 0.25) is 0 Å². The molecule has 0 fully saturated rings. The van der Waals surface area contributed by atoms with Crippen molar-refractivity contribution in [3.8, 4) is 5.75 Å². The van der Waals surface area contributed by atoms with Crippen LogP contribution in [0.1, 0.15) is 5.56 Å². The van der Waals surface area contributed by atoms with E-state index in [1.165, 1.54) is 0 Å². The van der Waals surface area contributed by atoms with Gasteiger partial charge in [0.05, 0.1) is 0 Å². The molecule has 0 spiro atoms. The fourth-order valence-electron chi connectivity index (χ4n) is 1.75. The van der Waals surface area contributed by atoms with Crippen molar-refractivity contribution in [3.05, 3.63) is 64.1 Å². The van der Waals surface area contributed by atoms with Crippen LogP contribution < -0.4 is 4.74 Å². The molecule has 0 aliphatic rings. The largest absolute Gasteiger partial charge is 0.478 e. The lowest BCUT2D eigenvalue weighted by atomic mass is 10.1. The average molecular weight is 311 g/mol. The number of hydrogen-bond donors (Lipinski definition) is 1. The molecule has 1 N–H and O–H groups in total. The van der Waals surface area contributed by atoms with Crippen LogP contribution in [-0.2, 0) is 11.2 Å². The predicted molar refractivity (Wildman–Crippen MR) is 78.7 cm³/mol. The summed E-state index contributed by atoms with van der Waals surface area (Å²) in [5, 5.41) is 10.3. The van der Waals surface area contributed by atoms with Gasteiger partial charge < -0.3 is 9.84 Å². The van der Waals surface area contributed by atoms with Gasteiger partial charge >= 0.3 is 5.97 Å². The Labute approximate surface area is 126 Å². The number of halogens is 2. The van der Waals surface area contributed by atoms with E-state index in [0.717, 1.165) is 5.56 Å². The minimum absolute atomic E-state index is 0.182. The zero-order valence-corrected chi connectivity index (χ0v) is 11.9. The van der Waals surface area contributed by atoms with Crippen LogP contribution in [0.5, 0.6) is 5.75 Å². The number of benzene rings is 2. The van der Waals surface area contributed by atoms with Crippen molar-refractivity contribution in [2.75, 3.05) is 0 Å². The standard InChI is InChI=1S/C15H12Cl2O3/c16-11-5-3-6-12(9-11)20-14(15(18)19)8-10-4-1-2-7-13(10)17/h1-7,9,14H,8H2,(H,18,19)/t14-/m0/s1. The minimum atomic E-state index is -1.05. The molecule has 1 atom stereocenters. The SMILES string of the molecule is O=C(O)[C@H](Cc1ccccc1Cl)Oc1cccc(Cl)c1. The maximum atomic E-state index is 11.3. The Morgan fingerprint density at radius 2 is 1.90 bits per heavy atom. The average Bonchev–Trinajstić information content (AvgIpc) is 2.40. The minimum Gasteiger partial charge on any atom is -0.478 e. The first-order valence-electron chi connectivity index (χ1n) is 5.94. The summed E-state index contributed by atoms with van der Waals surface area (Å²) in [6.07, 6.45) is -0.838. The zero-order valence-electron chi connectivity index (χ0n) is 10.4. The monoisotopic (exact) mass is 310 g/mol. The van der Waals surface area contributed by atoms with Crippen LogP contribution in [0.25, 0.3) is 0 Å². The number of carbonyl (C=O) groups is 1. The number of ether oxygens (including phenoxy) is 1. The van der Waals surface area contributed by atoms with Crippen LogP contribution in [-0.4, -0.2) is 17.2 Å². The number of hydrogen-bond acceptors (Lipinski definition) is 2. The first-order chi connectivity index (χ1) is 9.56. The van der Waals surface area contributed by atoms with Crippen molar-refractivity contribution in [2.45, 2.75) is 12.5 Å². The number of carboxylic acids is 1. The van der Waals surface area contributed by atoms with Crippen LogP contribution in [0, 0.1) is 0 Å². The molecule has 3 nitrogen and oxygen atoms in total. The van der Waals surface area contributed by atoms with E-state index in [4.69, 9.17) is 27.9 Å². The van der Waals surface area contributed by atoms with Gasteiger partial charge in [-0.2, -0.15) is 0 Å². The summed E-state index contributed by atoms with van der Waals surface area (Å²) in [6.45, 7) is 0. The third-order valence-corrected chi connectivity index (χ3v) is 3.32. The normalized spacial score (nSPS) is 11.9. The molecule has 0 radical (unpaired) electrons. The van der Waals surface area contributed by atoms with E-state index < -0.39 is 12.1 Å². The highest BCUT2D eigenvalue weighted by atomic mass is 35.5. The van der Waals surface area contributed by atoms with Crippen molar-refractivity contribution in [1.29, 1.82) is 0 Å². The Balaban J connectivity index is 2.16. The van der Waals surface area contributed by atoms with Crippen molar-refractivity contribution in [1.82, 2.24) is 0 Å². The molecule has 0 heterocycles. The van der Waals surface area contributed by atoms with Crippen LogP contribution in [0.4, 0.5) is 0 Å². The van der Waals surface area contributed by atoms with Crippen molar-refractivity contribution < 1.29 is 14.6 Å². The predicted octanol–water partition coefficient (Wildman–Crippen LogP) is 4.07. The third-order valence-electron chi connectivity index (χ3n) is 2.71. The Bertz CT molecular complexity index is 614. The van der Waals surface area contributed by atoms with Gasteiger partial charge in [0.1, 0.15) is 5.75 Å². The van der Waals surface area contributed by atoms with E-state index in [2.05, 4.69) is 0 Å². The van der Waals surface area contributed by atoms with E-state index in [-0.39, 0.29) is 6.42 Å². The quantitative estimate of drug-likeness (QED) is 0.905. The van der Waals surface area contributed by atoms with Gasteiger partial charge in [-0.3, -0.25) is 0 Å². The maximum Gasteiger partial charge on any atom is 0.345 e. The third kappa shape index (κ3) is 3.89. The van der Waals surface area contributed by atoms with Crippen LogP contribution in [0.2, 0.25) is 10.0 Å². The second kappa shape index (κ2) is 6.64. The second-order valence-corrected chi connectivity index (χ2v) is 5.04. The lowest BCUT2D eigenvalue weighted by Gasteiger charge is -2.16. The number of aliphatic carboxylic acids is 1. The Kier molecular flexibility index (Phi) is 4.88. The van der Waals surface area contributed by atoms with Crippen molar-refractivity contribution in [3.63, 3.8) is 0 Å². The molecule has 0 unspecified atom stereocenters. The molecule has 0 saturated heterocycles. The van der Waals surface area contributed by atoms with Gasteiger partial charge in [0, 0.05) is 16.5 Å². The fraction of sp³-hybridized carbons (Fsp3) is 0.133. The van der Waals surface area contributed by atoms with Gasteiger partial charge in [-0.1, -0.05) is 47.5 Å². The maximum absolute atomic E-state index is 11.3. The molecule has 2 aromatic rings. The lowest BCUT2D eigenvalue weighted by Crippen LogP contribution is -2.29. The zero-order chi connectivity index (χ0) is 14.5. The van der Waals surface area contributed by atoms with Crippen LogP contribution >= 0.6 is 23.2 Å². The lowest BCUT2D eigenvalue weighted by molar-refractivity contribution is -0.145. The highest BCUT2D eigenvalue weighted by molar-refractivity contribution is 6.31. The molecule has 0 bridgehead atoms. The van der Waals surface area contributed by atoms with E-state index in [1.807, 2.05) is 0 Å². The topological polar surface area (TPSA) is 46.5 Å². The summed E-state index contributed by atoms with van der Waals surface area (Å²) < 4.78 is 5.47. The van der Waals surface area contributed by atoms with Crippen molar-refractivity contribution in [2.24, 2.45) is 0 Å². The number of carboxylic acid groups (broad SMARTS) is 1. The summed E-state index contributed by atoms with van der Waals surface area (Å²) in [7, 11) is 0. The van der Waals surface area contributed by atoms with E-state index in [1.54, 1.807) is 48.5 Å². The first kappa shape index (κ1) is 14.7. The molecule has 5 heteroatoms. The summed E-state index contributed by atoms with van der Waals surface area (Å²) in [4.78, 5) is 11.3. The van der Waals surface area contributed by atoms with E-state index in [9.17, 15) is 9.90 Å². The smallest absolute Gasteiger partial charge is 0.345 e. The molecular formula is C15H12Cl2O3. The Morgan fingerprint density at radius 1 is 1.15 bits per heavy atom. The molecule has 0 aliphatic carbocycles. The molecule has 20 heavy (non-hydrogen) atoms. The second-order valence-electron chi connectivity index (χ2n) is 4.20. The molecule has 0 aromatic heterocycles. The van der Waals surface area contributed by atoms with Crippen LogP contribution in [0.15, 0.2) is 48.5 Å². The molecule has 2 rings (SSSR count).